The maximum Gasteiger partial charge on any atom is 0.406 e. The molecule has 114 valence electrons. The van der Waals surface area contributed by atoms with E-state index in [-0.39, 0.29) is 24.5 Å². The van der Waals surface area contributed by atoms with Crippen LogP contribution < -0.4 is 5.32 Å². The van der Waals surface area contributed by atoms with Gasteiger partial charge in [0.1, 0.15) is 24.6 Å². The standard InChI is InChI=1S/C11H11F3N4O3/c12-11(13,14)6-17-4-3-8(10(17)19)16-9-2-1-7(5-15-9)18(20)21/h1-2,5,8H,3-4,6H2,(H,15,16). The lowest BCUT2D eigenvalue weighted by Gasteiger charge is -2.18. The summed E-state index contributed by atoms with van der Waals surface area (Å²) in [7, 11) is 0. The van der Waals surface area contributed by atoms with E-state index in [0.29, 0.717) is 0 Å². The Bertz CT molecular complexity index is 547. The topological polar surface area (TPSA) is 88.4 Å². The molecule has 1 aromatic rings. The van der Waals surface area contributed by atoms with Crippen LogP contribution in [0, 0.1) is 10.1 Å². The summed E-state index contributed by atoms with van der Waals surface area (Å²) in [4.78, 5) is 26.1. The molecule has 1 atom stereocenters. The minimum absolute atomic E-state index is 0.00297. The molecule has 2 heterocycles. The van der Waals surface area contributed by atoms with Crippen LogP contribution in [0.5, 0.6) is 0 Å². The Balaban J connectivity index is 1.98. The van der Waals surface area contributed by atoms with Crippen LogP contribution in [0.2, 0.25) is 0 Å². The first-order valence-electron chi connectivity index (χ1n) is 5.99. The first kappa shape index (κ1) is 15.0. The van der Waals surface area contributed by atoms with Crippen molar-refractivity contribution in [2.45, 2.75) is 18.6 Å². The van der Waals surface area contributed by atoms with Crippen LogP contribution in [0.4, 0.5) is 24.7 Å². The van der Waals surface area contributed by atoms with Crippen LogP contribution in [0.15, 0.2) is 18.3 Å². The summed E-state index contributed by atoms with van der Waals surface area (Å²) in [6.45, 7) is -1.28. The van der Waals surface area contributed by atoms with Crippen LogP contribution in [0.25, 0.3) is 0 Å². The summed E-state index contributed by atoms with van der Waals surface area (Å²) in [6.07, 6.45) is -3.21. The van der Waals surface area contributed by atoms with Gasteiger partial charge in [0, 0.05) is 12.6 Å². The molecule has 0 spiro atoms. The third-order valence-corrected chi connectivity index (χ3v) is 2.95. The van der Waals surface area contributed by atoms with E-state index in [4.69, 9.17) is 0 Å². The van der Waals surface area contributed by atoms with Gasteiger partial charge in [-0.25, -0.2) is 4.98 Å². The molecule has 0 saturated carbocycles. The largest absolute Gasteiger partial charge is 0.406 e. The highest BCUT2D eigenvalue weighted by Crippen LogP contribution is 2.22. The van der Waals surface area contributed by atoms with Crippen LogP contribution in [0.3, 0.4) is 0 Å². The predicted molar refractivity (Wildman–Crippen MR) is 65.6 cm³/mol. The number of hydrogen-bond donors (Lipinski definition) is 1. The van der Waals surface area contributed by atoms with E-state index >= 15 is 0 Å². The van der Waals surface area contributed by atoms with Gasteiger partial charge in [0.15, 0.2) is 0 Å². The number of anilines is 1. The Morgan fingerprint density at radius 2 is 2.19 bits per heavy atom. The number of alkyl halides is 3. The summed E-state index contributed by atoms with van der Waals surface area (Å²) < 4.78 is 36.8. The van der Waals surface area contributed by atoms with Gasteiger partial charge in [0.2, 0.25) is 5.91 Å². The van der Waals surface area contributed by atoms with Gasteiger partial charge >= 0.3 is 6.18 Å². The van der Waals surface area contributed by atoms with E-state index in [2.05, 4.69) is 10.3 Å². The maximum atomic E-state index is 12.3. The highest BCUT2D eigenvalue weighted by molar-refractivity contribution is 5.86. The van der Waals surface area contributed by atoms with Gasteiger partial charge < -0.3 is 10.2 Å². The molecule has 1 fully saturated rings. The second-order valence-electron chi connectivity index (χ2n) is 4.52. The number of amides is 1. The SMILES string of the molecule is O=C1C(Nc2ccc([N+](=O)[O-])cn2)CCN1CC(F)(F)F. The van der Waals surface area contributed by atoms with Gasteiger partial charge in [-0.1, -0.05) is 0 Å². The van der Waals surface area contributed by atoms with Crippen molar-refractivity contribution >= 4 is 17.4 Å². The Labute approximate surface area is 116 Å². The molecule has 0 aromatic carbocycles. The molecule has 1 saturated heterocycles. The number of nitrogens with zero attached hydrogens (tertiary/aromatic N) is 3. The van der Waals surface area contributed by atoms with E-state index in [1.54, 1.807) is 0 Å². The summed E-state index contributed by atoms with van der Waals surface area (Å²) in [5, 5.41) is 13.1. The molecular formula is C11H11F3N4O3. The third kappa shape index (κ3) is 3.80. The molecule has 10 heteroatoms. The highest BCUT2D eigenvalue weighted by atomic mass is 19.4. The van der Waals surface area contributed by atoms with E-state index in [9.17, 15) is 28.1 Å². The van der Waals surface area contributed by atoms with Crippen molar-refractivity contribution in [1.29, 1.82) is 0 Å². The molecule has 1 aliphatic heterocycles. The average Bonchev–Trinajstić information content (AvgIpc) is 2.70. The minimum Gasteiger partial charge on any atom is -0.358 e. The number of hydrogen-bond acceptors (Lipinski definition) is 5. The minimum atomic E-state index is -4.43. The maximum absolute atomic E-state index is 12.3. The van der Waals surface area contributed by atoms with Gasteiger partial charge in [0.25, 0.3) is 5.69 Å². The molecule has 1 amide bonds. The first-order chi connectivity index (χ1) is 9.76. The normalized spacial score (nSPS) is 18.9. The number of likely N-dealkylation sites (tertiary alicyclic amines) is 1. The lowest BCUT2D eigenvalue weighted by Crippen LogP contribution is -2.39. The zero-order chi connectivity index (χ0) is 15.6. The summed E-state index contributed by atoms with van der Waals surface area (Å²) >= 11 is 0. The molecule has 2 rings (SSSR count). The van der Waals surface area contributed by atoms with Crippen molar-refractivity contribution in [1.82, 2.24) is 9.88 Å². The fourth-order valence-electron chi connectivity index (χ4n) is 2.00. The Kier molecular flexibility index (Phi) is 3.96. The molecule has 0 aliphatic carbocycles. The first-order valence-corrected chi connectivity index (χ1v) is 5.99. The van der Waals surface area contributed by atoms with Crippen LogP contribution in [0.1, 0.15) is 6.42 Å². The number of nitrogens with one attached hydrogen (secondary N) is 1. The van der Waals surface area contributed by atoms with E-state index in [1.165, 1.54) is 12.1 Å². The number of carbonyl (C=O) groups is 1. The average molecular weight is 304 g/mol. The zero-order valence-electron chi connectivity index (χ0n) is 10.6. The van der Waals surface area contributed by atoms with Gasteiger partial charge in [0.05, 0.1) is 4.92 Å². The van der Waals surface area contributed by atoms with E-state index in [1.807, 2.05) is 0 Å². The number of halogens is 3. The molecule has 1 aromatic heterocycles. The Morgan fingerprint density at radius 1 is 1.48 bits per heavy atom. The summed E-state index contributed by atoms with van der Waals surface area (Å²) in [5.41, 5.74) is -0.211. The monoisotopic (exact) mass is 304 g/mol. The summed E-state index contributed by atoms with van der Waals surface area (Å²) in [5.74, 6) is -0.458. The van der Waals surface area contributed by atoms with Crippen LogP contribution in [-0.2, 0) is 4.79 Å². The quantitative estimate of drug-likeness (QED) is 0.673. The number of nitro groups is 1. The van der Waals surface area contributed by atoms with E-state index in [0.717, 1.165) is 11.1 Å². The zero-order valence-corrected chi connectivity index (χ0v) is 10.6. The molecule has 0 radical (unpaired) electrons. The molecule has 1 N–H and O–H groups in total. The number of pyridine rings is 1. The number of rotatable bonds is 4. The van der Waals surface area contributed by atoms with Crippen LogP contribution in [-0.4, -0.2) is 46.0 Å². The highest BCUT2D eigenvalue weighted by Gasteiger charge is 2.39. The molecule has 0 bridgehead atoms. The van der Waals surface area contributed by atoms with Gasteiger partial charge in [-0.05, 0) is 12.5 Å². The molecule has 7 nitrogen and oxygen atoms in total. The third-order valence-electron chi connectivity index (χ3n) is 2.95. The van der Waals surface area contributed by atoms with Crippen LogP contribution >= 0.6 is 0 Å². The Hall–Kier alpha value is -2.39. The molecule has 21 heavy (non-hydrogen) atoms. The second-order valence-corrected chi connectivity index (χ2v) is 4.52. The molecular weight excluding hydrogens is 293 g/mol. The van der Waals surface area contributed by atoms with Gasteiger partial charge in [-0.15, -0.1) is 0 Å². The number of aromatic nitrogens is 1. The molecule has 1 aliphatic rings. The van der Waals surface area contributed by atoms with E-state index < -0.39 is 29.6 Å². The van der Waals surface area contributed by atoms with Crippen molar-refractivity contribution in [3.8, 4) is 0 Å². The van der Waals surface area contributed by atoms with Gasteiger partial charge in [-0.3, -0.25) is 14.9 Å². The van der Waals surface area contributed by atoms with Crippen molar-refractivity contribution in [2.24, 2.45) is 0 Å². The molecule has 1 unspecified atom stereocenters. The predicted octanol–water partition coefficient (Wildman–Crippen LogP) is 1.56. The fourth-order valence-corrected chi connectivity index (χ4v) is 2.00. The van der Waals surface area contributed by atoms with Crippen molar-refractivity contribution in [3.63, 3.8) is 0 Å². The lowest BCUT2D eigenvalue weighted by molar-refractivity contribution is -0.385. The Morgan fingerprint density at radius 3 is 2.71 bits per heavy atom. The second kappa shape index (κ2) is 5.54. The fraction of sp³-hybridized carbons (Fsp3) is 0.455. The van der Waals surface area contributed by atoms with Crippen molar-refractivity contribution < 1.29 is 22.9 Å². The number of carbonyl (C=O) groups excluding carboxylic acids is 1. The van der Waals surface area contributed by atoms with Crippen molar-refractivity contribution in [2.75, 3.05) is 18.4 Å². The lowest BCUT2D eigenvalue weighted by atomic mass is 10.2. The summed E-state index contributed by atoms with van der Waals surface area (Å²) in [6, 6.07) is 1.70. The smallest absolute Gasteiger partial charge is 0.358 e. The van der Waals surface area contributed by atoms with Crippen molar-refractivity contribution in [3.05, 3.63) is 28.4 Å². The van der Waals surface area contributed by atoms with Gasteiger partial charge in [-0.2, -0.15) is 13.2 Å².